The number of piperidine rings is 1. The number of benzene rings is 1. The van der Waals surface area contributed by atoms with Crippen LogP contribution in [0.3, 0.4) is 0 Å². The summed E-state index contributed by atoms with van der Waals surface area (Å²) in [4.78, 5) is 4.64. The Balaban J connectivity index is 1.58. The van der Waals surface area contributed by atoms with Crippen molar-refractivity contribution < 1.29 is 0 Å². The molecule has 0 saturated carbocycles. The van der Waals surface area contributed by atoms with Gasteiger partial charge in [-0.3, -0.25) is 0 Å². The Bertz CT molecular complexity index is 896. The summed E-state index contributed by atoms with van der Waals surface area (Å²) in [5, 5.41) is 15.4. The molecule has 0 spiro atoms. The van der Waals surface area contributed by atoms with E-state index in [9.17, 15) is 0 Å². The van der Waals surface area contributed by atoms with Gasteiger partial charge in [-0.15, -0.1) is 5.10 Å². The van der Waals surface area contributed by atoms with Gasteiger partial charge in [0.25, 0.3) is 0 Å². The van der Waals surface area contributed by atoms with Crippen LogP contribution >= 0.6 is 0 Å². The summed E-state index contributed by atoms with van der Waals surface area (Å²) in [5.41, 5.74) is 4.26. The fourth-order valence-electron chi connectivity index (χ4n) is 3.74. The number of fused-ring (bicyclic) bond motifs is 1. The minimum Gasteiger partial charge on any atom is -0.378 e. The van der Waals surface area contributed by atoms with E-state index in [1.165, 1.54) is 18.4 Å². The quantitative estimate of drug-likeness (QED) is 0.582. The van der Waals surface area contributed by atoms with E-state index < -0.39 is 0 Å². The van der Waals surface area contributed by atoms with Crippen molar-refractivity contribution in [1.29, 1.82) is 0 Å². The lowest BCUT2D eigenvalue weighted by atomic mass is 10.00. The summed E-state index contributed by atoms with van der Waals surface area (Å²) in [6.45, 7) is 8.27. The molecule has 0 unspecified atom stereocenters. The third-order valence-electron chi connectivity index (χ3n) is 5.38. The molecular formula is C22H30N6. The van der Waals surface area contributed by atoms with Gasteiger partial charge in [-0.1, -0.05) is 44.2 Å². The van der Waals surface area contributed by atoms with Crippen molar-refractivity contribution in [3.05, 3.63) is 53.9 Å². The van der Waals surface area contributed by atoms with Crippen LogP contribution in [0.1, 0.15) is 43.9 Å². The number of imidazole rings is 1. The van der Waals surface area contributed by atoms with E-state index in [2.05, 4.69) is 65.1 Å². The molecule has 4 rings (SSSR count). The second-order valence-electron chi connectivity index (χ2n) is 7.95. The average molecular weight is 379 g/mol. The molecule has 2 aromatic heterocycles. The number of rotatable bonds is 7. The van der Waals surface area contributed by atoms with Gasteiger partial charge in [0, 0.05) is 19.2 Å². The van der Waals surface area contributed by atoms with Gasteiger partial charge in [-0.2, -0.15) is 0 Å². The molecule has 1 aliphatic heterocycles. The minimum absolute atomic E-state index is 0.363. The molecule has 3 aromatic rings. The molecule has 6 nitrogen and oxygen atoms in total. The largest absolute Gasteiger partial charge is 0.378 e. The van der Waals surface area contributed by atoms with Crippen molar-refractivity contribution >= 4 is 17.2 Å². The van der Waals surface area contributed by atoms with Crippen molar-refractivity contribution in [1.82, 2.24) is 19.9 Å². The maximum absolute atomic E-state index is 4.84. The summed E-state index contributed by atoms with van der Waals surface area (Å²) in [6, 6.07) is 12.5. The van der Waals surface area contributed by atoms with Gasteiger partial charge in [0.1, 0.15) is 5.82 Å². The normalized spacial score (nSPS) is 17.2. The topological polar surface area (TPSA) is 66.3 Å². The van der Waals surface area contributed by atoms with Crippen molar-refractivity contribution in [2.45, 2.75) is 39.2 Å². The van der Waals surface area contributed by atoms with Crippen LogP contribution in [-0.4, -0.2) is 34.2 Å². The molecule has 28 heavy (non-hydrogen) atoms. The van der Waals surface area contributed by atoms with Crippen LogP contribution in [0, 0.1) is 5.92 Å². The minimum atomic E-state index is 0.363. The third kappa shape index (κ3) is 4.28. The number of hydrogen-bond acceptors (Lipinski definition) is 5. The van der Waals surface area contributed by atoms with Crippen LogP contribution in [0.2, 0.25) is 0 Å². The first-order valence-corrected chi connectivity index (χ1v) is 10.3. The zero-order valence-corrected chi connectivity index (χ0v) is 16.8. The average Bonchev–Trinajstić information content (AvgIpc) is 3.16. The highest BCUT2D eigenvalue weighted by atomic mass is 15.3. The molecule has 1 saturated heterocycles. The third-order valence-corrected chi connectivity index (χ3v) is 5.38. The van der Waals surface area contributed by atoms with E-state index in [0.717, 1.165) is 49.0 Å². The Labute approximate surface area is 166 Å². The van der Waals surface area contributed by atoms with Gasteiger partial charge in [-0.25, -0.2) is 9.50 Å². The van der Waals surface area contributed by atoms with Crippen LogP contribution in [0.15, 0.2) is 42.6 Å². The van der Waals surface area contributed by atoms with Crippen molar-refractivity contribution in [3.63, 3.8) is 0 Å². The van der Waals surface area contributed by atoms with Crippen LogP contribution in [0.5, 0.6) is 0 Å². The molecule has 1 fully saturated rings. The molecule has 0 bridgehead atoms. The maximum atomic E-state index is 4.84. The highest BCUT2D eigenvalue weighted by Gasteiger charge is 2.16. The molecule has 0 amide bonds. The maximum Gasteiger partial charge on any atom is 0.177 e. The molecule has 6 heteroatoms. The monoisotopic (exact) mass is 378 g/mol. The van der Waals surface area contributed by atoms with E-state index in [-0.39, 0.29) is 0 Å². The summed E-state index contributed by atoms with van der Waals surface area (Å²) in [7, 11) is 0. The van der Waals surface area contributed by atoms with Gasteiger partial charge in [0.15, 0.2) is 5.65 Å². The smallest absolute Gasteiger partial charge is 0.177 e. The Morgan fingerprint density at radius 3 is 2.82 bits per heavy atom. The zero-order chi connectivity index (χ0) is 19.3. The van der Waals surface area contributed by atoms with Crippen LogP contribution in [0.4, 0.5) is 11.5 Å². The first-order chi connectivity index (χ1) is 13.7. The number of anilines is 2. The van der Waals surface area contributed by atoms with E-state index in [1.54, 1.807) is 0 Å². The van der Waals surface area contributed by atoms with Crippen molar-refractivity contribution in [3.8, 4) is 0 Å². The Morgan fingerprint density at radius 2 is 2.07 bits per heavy atom. The van der Waals surface area contributed by atoms with Gasteiger partial charge >= 0.3 is 0 Å². The van der Waals surface area contributed by atoms with Gasteiger partial charge in [-0.05, 0) is 43.3 Å². The lowest BCUT2D eigenvalue weighted by Crippen LogP contribution is -2.33. The number of nitrogens with one attached hydrogen (secondary N) is 3. The van der Waals surface area contributed by atoms with Gasteiger partial charge in [0.05, 0.1) is 17.6 Å². The molecule has 0 radical (unpaired) electrons. The summed E-state index contributed by atoms with van der Waals surface area (Å²) < 4.78 is 1.99. The summed E-state index contributed by atoms with van der Waals surface area (Å²) in [5.74, 6) is 1.91. The van der Waals surface area contributed by atoms with Crippen molar-refractivity contribution in [2.75, 3.05) is 30.3 Å². The lowest BCUT2D eigenvalue weighted by Gasteiger charge is -2.23. The highest BCUT2D eigenvalue weighted by molar-refractivity contribution is 5.71. The standard InChI is InChI=1S/C22H30N6/c1-16(2)20-15-26-22-19(24-13-17-7-4-3-5-8-17)11-21(27-28(20)22)25-14-18-9-6-10-23-12-18/h3-5,7-8,11,15-16,18,23-24H,6,9-10,12-14H2,1-2H3,(H,25,27)/t18-/m0/s1. The van der Waals surface area contributed by atoms with Crippen LogP contribution in [-0.2, 0) is 6.54 Å². The van der Waals surface area contributed by atoms with Crippen LogP contribution < -0.4 is 16.0 Å². The predicted octanol–water partition coefficient (Wildman–Crippen LogP) is 3.88. The molecule has 1 aliphatic rings. The van der Waals surface area contributed by atoms with Gasteiger partial charge in [0.2, 0.25) is 0 Å². The lowest BCUT2D eigenvalue weighted by molar-refractivity contribution is 0.392. The number of nitrogens with zero attached hydrogens (tertiary/aromatic N) is 3. The molecular weight excluding hydrogens is 348 g/mol. The summed E-state index contributed by atoms with van der Waals surface area (Å²) >= 11 is 0. The fraction of sp³-hybridized carbons (Fsp3) is 0.455. The number of aromatic nitrogens is 3. The van der Waals surface area contributed by atoms with Crippen LogP contribution in [0.25, 0.3) is 5.65 Å². The first kappa shape index (κ1) is 18.7. The zero-order valence-electron chi connectivity index (χ0n) is 16.8. The molecule has 1 atom stereocenters. The SMILES string of the molecule is CC(C)c1cnc2c(NCc3ccccc3)cc(NC[C@H]3CCCNC3)nn12. The van der Waals surface area contributed by atoms with E-state index in [0.29, 0.717) is 11.8 Å². The second-order valence-corrected chi connectivity index (χ2v) is 7.95. The fourth-order valence-corrected chi connectivity index (χ4v) is 3.74. The molecule has 0 aliphatic carbocycles. The molecule has 3 heterocycles. The Kier molecular flexibility index (Phi) is 5.76. The summed E-state index contributed by atoms with van der Waals surface area (Å²) in [6.07, 6.45) is 4.46. The molecule has 1 aromatic carbocycles. The van der Waals surface area contributed by atoms with Gasteiger partial charge < -0.3 is 16.0 Å². The Morgan fingerprint density at radius 1 is 1.21 bits per heavy atom. The molecule has 148 valence electrons. The molecule has 3 N–H and O–H groups in total. The predicted molar refractivity (Wildman–Crippen MR) is 115 cm³/mol. The highest BCUT2D eigenvalue weighted by Crippen LogP contribution is 2.24. The number of hydrogen-bond donors (Lipinski definition) is 3. The second kappa shape index (κ2) is 8.61. The van der Waals surface area contributed by atoms with E-state index >= 15 is 0 Å². The first-order valence-electron chi connectivity index (χ1n) is 10.3. The Hall–Kier alpha value is -2.60. The van der Waals surface area contributed by atoms with Crippen molar-refractivity contribution in [2.24, 2.45) is 5.92 Å². The van der Waals surface area contributed by atoms with E-state index in [1.807, 2.05) is 16.8 Å². The van der Waals surface area contributed by atoms with E-state index in [4.69, 9.17) is 5.10 Å².